The Hall–Kier alpha value is -2.69. The summed E-state index contributed by atoms with van der Waals surface area (Å²) in [5, 5.41) is 9.57. The second-order valence-corrected chi connectivity index (χ2v) is 10.2. The van der Waals surface area contributed by atoms with Gasteiger partial charge in [-0.05, 0) is 43.0 Å². The van der Waals surface area contributed by atoms with Crippen molar-refractivity contribution in [2.75, 3.05) is 11.5 Å². The molecule has 2 N–H and O–H groups in total. The van der Waals surface area contributed by atoms with Crippen LogP contribution in [-0.4, -0.2) is 32.3 Å². The molecule has 4 aromatic rings. The number of aryl methyl sites for hydroxylation is 2. The highest BCUT2D eigenvalue weighted by atomic mass is 32.2. The number of thiophene rings is 2. The van der Waals surface area contributed by atoms with Crippen molar-refractivity contribution in [1.29, 1.82) is 0 Å². The third-order valence-corrected chi connectivity index (χ3v) is 8.06. The molecule has 1 aliphatic rings. The molecule has 10 heteroatoms. The number of amides is 1. The number of hydrazone groups is 1. The summed E-state index contributed by atoms with van der Waals surface area (Å²) in [6.45, 7) is 4.07. The first-order chi connectivity index (χ1) is 15.0. The Kier molecular flexibility index (Phi) is 5.28. The van der Waals surface area contributed by atoms with Gasteiger partial charge in [-0.3, -0.25) is 4.79 Å². The van der Waals surface area contributed by atoms with Crippen LogP contribution in [0.4, 0.5) is 5.82 Å². The van der Waals surface area contributed by atoms with Gasteiger partial charge in [-0.1, -0.05) is 17.8 Å². The second-order valence-electron chi connectivity index (χ2n) is 7.14. The molecule has 4 aromatic heterocycles. The number of hydrogen-bond donors (Lipinski definition) is 1. The van der Waals surface area contributed by atoms with E-state index in [1.54, 1.807) is 28.9 Å². The zero-order chi connectivity index (χ0) is 21.5. The van der Waals surface area contributed by atoms with Crippen LogP contribution in [-0.2, 0) is 4.79 Å². The van der Waals surface area contributed by atoms with E-state index in [9.17, 15) is 4.79 Å². The number of anilines is 1. The van der Waals surface area contributed by atoms with Gasteiger partial charge in [0.15, 0.2) is 5.16 Å². The molecule has 158 valence electrons. The Balaban J connectivity index is 1.37. The van der Waals surface area contributed by atoms with Crippen molar-refractivity contribution in [2.24, 2.45) is 5.10 Å². The average molecular weight is 470 g/mol. The molecule has 1 atom stereocenters. The van der Waals surface area contributed by atoms with E-state index in [0.29, 0.717) is 17.4 Å². The van der Waals surface area contributed by atoms with Crippen LogP contribution in [0, 0.1) is 13.8 Å². The lowest BCUT2D eigenvalue weighted by Crippen LogP contribution is -2.28. The standard InChI is InChI=1S/C21H19N5O2S3/c1-11-12(2)31-20-18(11)19(22)23-21(24-20)30-10-17(27)26-14(15-5-3-7-28-15)9-13(25-26)16-6-4-8-29-16/h3-8,14H,9-10H2,1-2H3,(H2,22,23,24). The molecule has 31 heavy (non-hydrogen) atoms. The fourth-order valence-corrected chi connectivity index (χ4v) is 6.07. The Bertz CT molecular complexity index is 1280. The van der Waals surface area contributed by atoms with Crippen molar-refractivity contribution < 1.29 is 9.21 Å². The molecule has 1 unspecified atom stereocenters. The van der Waals surface area contributed by atoms with Crippen LogP contribution in [0.2, 0.25) is 0 Å². The van der Waals surface area contributed by atoms with Crippen LogP contribution in [0.15, 0.2) is 50.6 Å². The van der Waals surface area contributed by atoms with Crippen molar-refractivity contribution in [1.82, 2.24) is 15.0 Å². The SMILES string of the molecule is Cc1sc2nc(SCC(=O)N3N=C(c4cccs4)CC3c3ccco3)nc(N)c2c1C. The molecule has 0 bridgehead atoms. The van der Waals surface area contributed by atoms with E-state index in [0.717, 1.165) is 32.1 Å². The second kappa shape index (κ2) is 8.10. The van der Waals surface area contributed by atoms with Crippen LogP contribution in [0.3, 0.4) is 0 Å². The molecule has 5 heterocycles. The predicted octanol–water partition coefficient (Wildman–Crippen LogP) is 5.01. The Morgan fingerprint density at radius 2 is 2.19 bits per heavy atom. The summed E-state index contributed by atoms with van der Waals surface area (Å²) >= 11 is 4.48. The van der Waals surface area contributed by atoms with Gasteiger partial charge in [-0.2, -0.15) is 5.10 Å². The number of nitrogen functional groups attached to an aromatic ring is 1. The molecule has 0 spiro atoms. The van der Waals surface area contributed by atoms with E-state index < -0.39 is 0 Å². The van der Waals surface area contributed by atoms with Gasteiger partial charge in [-0.25, -0.2) is 15.0 Å². The lowest BCUT2D eigenvalue weighted by Gasteiger charge is -2.19. The number of thioether (sulfide) groups is 1. The fourth-order valence-electron chi connectivity index (χ4n) is 3.55. The van der Waals surface area contributed by atoms with Crippen LogP contribution < -0.4 is 5.73 Å². The molecule has 5 rings (SSSR count). The molecule has 1 amide bonds. The number of fused-ring (bicyclic) bond motifs is 1. The number of aromatic nitrogens is 2. The lowest BCUT2D eigenvalue weighted by molar-refractivity contribution is -0.130. The summed E-state index contributed by atoms with van der Waals surface area (Å²) in [5.74, 6) is 1.21. The third-order valence-electron chi connectivity index (χ3n) is 5.20. The summed E-state index contributed by atoms with van der Waals surface area (Å²) in [4.78, 5) is 25.2. The summed E-state index contributed by atoms with van der Waals surface area (Å²) < 4.78 is 5.59. The summed E-state index contributed by atoms with van der Waals surface area (Å²) in [7, 11) is 0. The first kappa shape index (κ1) is 20.2. The van der Waals surface area contributed by atoms with Crippen molar-refractivity contribution in [3.05, 3.63) is 57.0 Å². The average Bonchev–Trinajstić information content (AvgIpc) is 3.53. The fraction of sp³-hybridized carbons (Fsp3) is 0.238. The highest BCUT2D eigenvalue weighted by Gasteiger charge is 2.35. The number of carbonyl (C=O) groups is 1. The van der Waals surface area contributed by atoms with E-state index in [1.807, 2.05) is 43.5 Å². The molecule has 0 aromatic carbocycles. The quantitative estimate of drug-likeness (QED) is 0.326. The van der Waals surface area contributed by atoms with Gasteiger partial charge in [0.25, 0.3) is 5.91 Å². The minimum Gasteiger partial charge on any atom is -0.467 e. The molecule has 0 saturated carbocycles. The van der Waals surface area contributed by atoms with Gasteiger partial charge >= 0.3 is 0 Å². The smallest absolute Gasteiger partial charge is 0.253 e. The monoisotopic (exact) mass is 469 g/mol. The minimum atomic E-state index is -0.253. The van der Waals surface area contributed by atoms with E-state index in [2.05, 4.69) is 15.1 Å². The Labute approximate surface area is 191 Å². The topological polar surface area (TPSA) is 97.6 Å². The number of carbonyl (C=O) groups excluding carboxylic acids is 1. The predicted molar refractivity (Wildman–Crippen MR) is 126 cm³/mol. The summed E-state index contributed by atoms with van der Waals surface area (Å²) in [6.07, 6.45) is 2.24. The van der Waals surface area contributed by atoms with E-state index in [4.69, 9.17) is 10.2 Å². The normalized spacial score (nSPS) is 16.3. The number of rotatable bonds is 5. The van der Waals surface area contributed by atoms with Crippen molar-refractivity contribution in [3.63, 3.8) is 0 Å². The minimum absolute atomic E-state index is 0.126. The Morgan fingerprint density at radius 3 is 2.94 bits per heavy atom. The van der Waals surface area contributed by atoms with Crippen molar-refractivity contribution in [2.45, 2.75) is 31.5 Å². The molecule has 0 aliphatic carbocycles. The molecular weight excluding hydrogens is 450 g/mol. The summed E-state index contributed by atoms with van der Waals surface area (Å²) in [6, 6.07) is 7.45. The van der Waals surface area contributed by atoms with E-state index in [-0.39, 0.29) is 17.7 Å². The van der Waals surface area contributed by atoms with Crippen LogP contribution in [0.5, 0.6) is 0 Å². The van der Waals surface area contributed by atoms with Crippen LogP contribution in [0.25, 0.3) is 10.2 Å². The third kappa shape index (κ3) is 3.75. The maximum absolute atomic E-state index is 13.1. The molecular formula is C21H19N5O2S3. The van der Waals surface area contributed by atoms with Gasteiger partial charge in [-0.15, -0.1) is 22.7 Å². The van der Waals surface area contributed by atoms with Gasteiger partial charge in [0.05, 0.1) is 28.0 Å². The highest BCUT2D eigenvalue weighted by molar-refractivity contribution is 7.99. The molecule has 0 radical (unpaired) electrons. The van der Waals surface area contributed by atoms with E-state index >= 15 is 0 Å². The molecule has 7 nitrogen and oxygen atoms in total. The van der Waals surface area contributed by atoms with Crippen molar-refractivity contribution >= 4 is 62.1 Å². The molecule has 0 saturated heterocycles. The maximum atomic E-state index is 13.1. The number of nitrogens with zero attached hydrogens (tertiary/aromatic N) is 4. The van der Waals surface area contributed by atoms with Crippen LogP contribution in [0.1, 0.15) is 33.5 Å². The van der Waals surface area contributed by atoms with Gasteiger partial charge < -0.3 is 10.2 Å². The molecule has 1 aliphatic heterocycles. The largest absolute Gasteiger partial charge is 0.467 e. The van der Waals surface area contributed by atoms with Gasteiger partial charge in [0.2, 0.25) is 0 Å². The summed E-state index contributed by atoms with van der Waals surface area (Å²) in [5.41, 5.74) is 8.17. The van der Waals surface area contributed by atoms with Gasteiger partial charge in [0, 0.05) is 11.3 Å². The maximum Gasteiger partial charge on any atom is 0.253 e. The first-order valence-electron chi connectivity index (χ1n) is 9.64. The number of furan rings is 1. The van der Waals surface area contributed by atoms with Gasteiger partial charge in [0.1, 0.15) is 22.5 Å². The van der Waals surface area contributed by atoms with E-state index in [1.165, 1.54) is 21.6 Å². The highest BCUT2D eigenvalue weighted by Crippen LogP contribution is 2.36. The molecule has 0 fully saturated rings. The zero-order valence-corrected chi connectivity index (χ0v) is 19.3. The Morgan fingerprint density at radius 1 is 1.32 bits per heavy atom. The lowest BCUT2D eigenvalue weighted by atomic mass is 10.1. The van der Waals surface area contributed by atoms with Crippen LogP contribution >= 0.6 is 34.4 Å². The van der Waals surface area contributed by atoms with Crippen molar-refractivity contribution in [3.8, 4) is 0 Å². The number of nitrogens with two attached hydrogens (primary N) is 1. The number of hydrogen-bond acceptors (Lipinski definition) is 9. The first-order valence-corrected chi connectivity index (χ1v) is 12.3. The zero-order valence-electron chi connectivity index (χ0n) is 16.9.